The number of nitrogens with zero attached hydrogens (tertiary/aromatic N) is 1. The molecule has 0 atom stereocenters. The third-order valence-electron chi connectivity index (χ3n) is 3.45. The Kier molecular flexibility index (Phi) is 4.31. The van der Waals surface area contributed by atoms with Gasteiger partial charge in [0, 0.05) is 28.9 Å². The number of furan rings is 1. The highest BCUT2D eigenvalue weighted by Crippen LogP contribution is 2.27. The normalized spacial score (nSPS) is 11.6. The van der Waals surface area contributed by atoms with Crippen LogP contribution in [0.25, 0.3) is 11.0 Å². The summed E-state index contributed by atoms with van der Waals surface area (Å²) in [5, 5.41) is 1.11. The van der Waals surface area contributed by atoms with Gasteiger partial charge >= 0.3 is 0 Å². The number of fused-ring (bicyclic) bond motifs is 1. The number of benzene rings is 1. The van der Waals surface area contributed by atoms with Gasteiger partial charge < -0.3 is 10.2 Å². The molecule has 5 heteroatoms. The van der Waals surface area contributed by atoms with Gasteiger partial charge in [-0.25, -0.2) is 0 Å². The molecule has 0 aliphatic heterocycles. The van der Waals surface area contributed by atoms with Crippen LogP contribution in [-0.2, 0) is 19.6 Å². The van der Waals surface area contributed by atoms with Crippen LogP contribution in [0.3, 0.4) is 0 Å². The monoisotopic (exact) mass is 320 g/mol. The van der Waals surface area contributed by atoms with Crippen LogP contribution in [0, 0.1) is 0 Å². The summed E-state index contributed by atoms with van der Waals surface area (Å²) < 4.78 is 6.78. The third kappa shape index (κ3) is 3.14. The first-order valence-corrected chi connectivity index (χ1v) is 7.99. The lowest BCUT2D eigenvalue weighted by Crippen LogP contribution is -2.17. The van der Waals surface area contributed by atoms with Crippen LogP contribution < -0.4 is 5.73 Å². The van der Waals surface area contributed by atoms with E-state index in [2.05, 4.69) is 24.1 Å². The molecular formula is C16H17ClN2OS. The highest BCUT2D eigenvalue weighted by molar-refractivity contribution is 7.16. The molecule has 21 heavy (non-hydrogen) atoms. The second kappa shape index (κ2) is 6.20. The molecule has 0 bridgehead atoms. The summed E-state index contributed by atoms with van der Waals surface area (Å²) in [4.78, 5) is 3.45. The Labute approximate surface area is 132 Å². The molecule has 1 aromatic carbocycles. The lowest BCUT2D eigenvalue weighted by molar-refractivity contribution is 0.292. The van der Waals surface area contributed by atoms with Crippen LogP contribution in [0.1, 0.15) is 16.2 Å². The quantitative estimate of drug-likeness (QED) is 0.764. The Balaban J connectivity index is 1.80. The topological polar surface area (TPSA) is 42.4 Å². The molecule has 2 N–H and O–H groups in total. The highest BCUT2D eigenvalue weighted by atomic mass is 35.5. The average Bonchev–Trinajstić information content (AvgIpc) is 3.01. The Morgan fingerprint density at radius 1 is 1.19 bits per heavy atom. The van der Waals surface area contributed by atoms with E-state index in [9.17, 15) is 0 Å². The number of rotatable bonds is 5. The van der Waals surface area contributed by atoms with Crippen molar-refractivity contribution in [3.8, 4) is 0 Å². The van der Waals surface area contributed by atoms with E-state index in [1.54, 1.807) is 11.3 Å². The fraction of sp³-hybridized carbons (Fsp3) is 0.250. The summed E-state index contributed by atoms with van der Waals surface area (Å²) in [6, 6.07) is 12.0. The molecule has 2 heterocycles. The Hall–Kier alpha value is -1.33. The number of hydrogen-bond acceptors (Lipinski definition) is 4. The van der Waals surface area contributed by atoms with Crippen LogP contribution in [0.15, 0.2) is 40.8 Å². The van der Waals surface area contributed by atoms with E-state index in [0.717, 1.165) is 39.7 Å². The number of thiophene rings is 1. The Morgan fingerprint density at radius 3 is 2.71 bits per heavy atom. The lowest BCUT2D eigenvalue weighted by atomic mass is 10.1. The molecule has 0 aliphatic carbocycles. The van der Waals surface area contributed by atoms with Gasteiger partial charge in [-0.1, -0.05) is 29.8 Å². The Morgan fingerprint density at radius 2 is 2.00 bits per heavy atom. The second-order valence-electron chi connectivity index (χ2n) is 5.08. The molecule has 3 nitrogen and oxygen atoms in total. The molecule has 0 aliphatic rings. The highest BCUT2D eigenvalue weighted by Gasteiger charge is 2.14. The number of nitrogens with two attached hydrogens (primary N) is 1. The maximum absolute atomic E-state index is 5.97. The fourth-order valence-corrected chi connectivity index (χ4v) is 3.67. The van der Waals surface area contributed by atoms with Gasteiger partial charge in [-0.05, 0) is 25.2 Å². The van der Waals surface area contributed by atoms with Crippen LogP contribution in [0.2, 0.25) is 4.34 Å². The van der Waals surface area contributed by atoms with E-state index in [-0.39, 0.29) is 0 Å². The third-order valence-corrected chi connectivity index (χ3v) is 4.67. The van der Waals surface area contributed by atoms with Crippen molar-refractivity contribution in [1.82, 2.24) is 4.90 Å². The molecule has 0 fully saturated rings. The van der Waals surface area contributed by atoms with Crippen molar-refractivity contribution in [2.75, 3.05) is 7.05 Å². The predicted octanol–water partition coefficient (Wildman–Crippen LogP) is 4.24. The van der Waals surface area contributed by atoms with Crippen LogP contribution >= 0.6 is 22.9 Å². The van der Waals surface area contributed by atoms with E-state index < -0.39 is 0 Å². The molecule has 0 saturated carbocycles. The van der Waals surface area contributed by atoms with Gasteiger partial charge in [0.2, 0.25) is 0 Å². The van der Waals surface area contributed by atoms with Gasteiger partial charge in [0.15, 0.2) is 0 Å². The van der Waals surface area contributed by atoms with E-state index >= 15 is 0 Å². The molecule has 2 aromatic heterocycles. The zero-order chi connectivity index (χ0) is 14.8. The van der Waals surface area contributed by atoms with Crippen molar-refractivity contribution >= 4 is 33.9 Å². The lowest BCUT2D eigenvalue weighted by Gasteiger charge is -2.14. The van der Waals surface area contributed by atoms with Crippen LogP contribution in [-0.4, -0.2) is 11.9 Å². The first-order chi connectivity index (χ1) is 10.2. The van der Waals surface area contributed by atoms with Crippen molar-refractivity contribution in [2.24, 2.45) is 5.73 Å². The minimum absolute atomic E-state index is 0.491. The van der Waals surface area contributed by atoms with Gasteiger partial charge in [0.1, 0.15) is 11.3 Å². The first-order valence-electron chi connectivity index (χ1n) is 6.79. The van der Waals surface area contributed by atoms with E-state index in [1.807, 2.05) is 24.3 Å². The minimum Gasteiger partial charge on any atom is -0.459 e. The maximum atomic E-state index is 5.97. The molecule has 3 aromatic rings. The summed E-state index contributed by atoms with van der Waals surface area (Å²) >= 11 is 7.58. The van der Waals surface area contributed by atoms with Gasteiger partial charge in [0.05, 0.1) is 10.9 Å². The molecule has 0 amide bonds. The molecule has 0 spiro atoms. The number of halogens is 1. The standard InChI is InChI=1S/C16H17ClN2OS/c1-19(9-11-6-7-16(17)21-11)10-15-13(8-18)12-4-2-3-5-14(12)20-15/h2-7H,8-10,18H2,1H3. The fourth-order valence-electron chi connectivity index (χ4n) is 2.50. The molecule has 0 unspecified atom stereocenters. The van der Waals surface area contributed by atoms with Gasteiger partial charge in [-0.3, -0.25) is 4.90 Å². The van der Waals surface area contributed by atoms with E-state index in [1.165, 1.54) is 4.88 Å². The molecular weight excluding hydrogens is 304 g/mol. The zero-order valence-corrected chi connectivity index (χ0v) is 13.4. The minimum atomic E-state index is 0.491. The smallest absolute Gasteiger partial charge is 0.134 e. The van der Waals surface area contributed by atoms with Crippen molar-refractivity contribution in [1.29, 1.82) is 0 Å². The zero-order valence-electron chi connectivity index (χ0n) is 11.8. The van der Waals surface area contributed by atoms with Gasteiger partial charge in [-0.2, -0.15) is 0 Å². The van der Waals surface area contributed by atoms with Crippen molar-refractivity contribution < 1.29 is 4.42 Å². The SMILES string of the molecule is CN(Cc1ccc(Cl)s1)Cc1oc2ccccc2c1CN. The second-order valence-corrected chi connectivity index (χ2v) is 6.88. The average molecular weight is 321 g/mol. The van der Waals surface area contributed by atoms with Crippen molar-refractivity contribution in [2.45, 2.75) is 19.6 Å². The van der Waals surface area contributed by atoms with Crippen molar-refractivity contribution in [3.05, 3.63) is 56.9 Å². The van der Waals surface area contributed by atoms with Crippen molar-refractivity contribution in [3.63, 3.8) is 0 Å². The van der Waals surface area contributed by atoms with Crippen LogP contribution in [0.4, 0.5) is 0 Å². The Bertz CT molecular complexity index is 750. The summed E-state index contributed by atoms with van der Waals surface area (Å²) in [6.45, 7) is 2.07. The number of hydrogen-bond donors (Lipinski definition) is 1. The number of para-hydroxylation sites is 1. The summed E-state index contributed by atoms with van der Waals surface area (Å²) in [6.07, 6.45) is 0. The summed E-state index contributed by atoms with van der Waals surface area (Å²) in [7, 11) is 2.07. The molecule has 0 saturated heterocycles. The maximum Gasteiger partial charge on any atom is 0.134 e. The summed E-state index contributed by atoms with van der Waals surface area (Å²) in [5.74, 6) is 0.948. The van der Waals surface area contributed by atoms with Crippen LogP contribution in [0.5, 0.6) is 0 Å². The largest absolute Gasteiger partial charge is 0.459 e. The van der Waals surface area contributed by atoms with E-state index in [4.69, 9.17) is 21.8 Å². The first kappa shape index (κ1) is 14.6. The van der Waals surface area contributed by atoms with E-state index in [0.29, 0.717) is 6.54 Å². The molecule has 0 radical (unpaired) electrons. The summed E-state index contributed by atoms with van der Waals surface area (Å²) in [5.41, 5.74) is 7.90. The molecule has 110 valence electrons. The molecule has 3 rings (SSSR count). The van der Waals surface area contributed by atoms with Gasteiger partial charge in [-0.15, -0.1) is 11.3 Å². The predicted molar refractivity (Wildman–Crippen MR) is 88.6 cm³/mol. The van der Waals surface area contributed by atoms with Gasteiger partial charge in [0.25, 0.3) is 0 Å².